The number of fused-ring (bicyclic) bond motifs is 1. The summed E-state index contributed by atoms with van der Waals surface area (Å²) in [5, 5.41) is 16.4. The van der Waals surface area contributed by atoms with E-state index in [4.69, 9.17) is 4.74 Å². The highest BCUT2D eigenvalue weighted by molar-refractivity contribution is 7.16. The second-order valence-corrected chi connectivity index (χ2v) is 11.4. The molecule has 0 bridgehead atoms. The quantitative estimate of drug-likeness (QED) is 0.292. The van der Waals surface area contributed by atoms with Crippen molar-refractivity contribution < 1.29 is 9.53 Å². The normalized spacial score (nSPS) is 16.0. The van der Waals surface area contributed by atoms with Crippen LogP contribution in [0.15, 0.2) is 41.9 Å². The number of nitrogens with one attached hydrogen (secondary N) is 1. The molecule has 2 heterocycles. The van der Waals surface area contributed by atoms with Crippen LogP contribution in [-0.4, -0.2) is 17.6 Å². The number of anilines is 1. The Morgan fingerprint density at radius 2 is 2.09 bits per heavy atom. The second kappa shape index (κ2) is 10.1. The van der Waals surface area contributed by atoms with Crippen molar-refractivity contribution in [3.8, 4) is 17.3 Å². The van der Waals surface area contributed by atoms with Gasteiger partial charge in [0, 0.05) is 22.0 Å². The Hall–Kier alpha value is -2.95. The first-order valence-corrected chi connectivity index (χ1v) is 13.2. The number of aromatic nitrogens is 1. The summed E-state index contributed by atoms with van der Waals surface area (Å²) in [4.78, 5) is 18.8. The van der Waals surface area contributed by atoms with Crippen LogP contribution >= 0.6 is 22.7 Å². The van der Waals surface area contributed by atoms with Gasteiger partial charge in [-0.2, -0.15) is 5.26 Å². The lowest BCUT2D eigenvalue weighted by Crippen LogP contribution is -2.26. The van der Waals surface area contributed by atoms with Crippen LogP contribution in [0.1, 0.15) is 59.9 Å². The van der Waals surface area contributed by atoms with Crippen molar-refractivity contribution in [2.75, 3.05) is 11.9 Å². The zero-order chi connectivity index (χ0) is 24.3. The van der Waals surface area contributed by atoms with E-state index in [-0.39, 0.29) is 11.4 Å². The highest BCUT2D eigenvalue weighted by atomic mass is 32.1. The number of benzene rings is 1. The van der Waals surface area contributed by atoms with E-state index in [1.165, 1.54) is 16.2 Å². The number of thiophene rings is 1. The van der Waals surface area contributed by atoms with E-state index in [1.54, 1.807) is 17.5 Å². The molecular weight excluding hydrogens is 462 g/mol. The summed E-state index contributed by atoms with van der Waals surface area (Å²) in [6, 6.07) is 12.2. The first-order chi connectivity index (χ1) is 16.3. The minimum Gasteiger partial charge on any atom is -0.462 e. The molecule has 0 fully saturated rings. The third-order valence-corrected chi connectivity index (χ3v) is 8.30. The SMILES string of the molecule is CCOC(=O)c1c(N/C=C(/C#N)c2nc(-c3ccccc3)cs2)sc2c1CCC(C(C)(C)C)C2. The smallest absolute Gasteiger partial charge is 0.341 e. The highest BCUT2D eigenvalue weighted by Gasteiger charge is 2.34. The molecule has 1 unspecified atom stereocenters. The van der Waals surface area contributed by atoms with E-state index < -0.39 is 0 Å². The van der Waals surface area contributed by atoms with Crippen molar-refractivity contribution in [3.05, 3.63) is 62.9 Å². The lowest BCUT2D eigenvalue weighted by Gasteiger charge is -2.33. The number of ether oxygens (including phenoxy) is 1. The average molecular weight is 492 g/mol. The largest absolute Gasteiger partial charge is 0.462 e. The lowest BCUT2D eigenvalue weighted by atomic mass is 9.72. The Balaban J connectivity index is 1.64. The molecule has 176 valence electrons. The van der Waals surface area contributed by atoms with Gasteiger partial charge in [-0.15, -0.1) is 22.7 Å². The van der Waals surface area contributed by atoms with Crippen LogP contribution < -0.4 is 5.32 Å². The fraction of sp³-hybridized carbons (Fsp3) is 0.370. The van der Waals surface area contributed by atoms with E-state index in [0.717, 1.165) is 41.1 Å². The summed E-state index contributed by atoms with van der Waals surface area (Å²) in [5.41, 5.74) is 4.22. The van der Waals surface area contributed by atoms with E-state index in [0.29, 0.717) is 28.7 Å². The van der Waals surface area contributed by atoms with Crippen molar-refractivity contribution in [1.29, 1.82) is 5.26 Å². The number of thiazole rings is 1. The van der Waals surface area contributed by atoms with Crippen LogP contribution in [-0.2, 0) is 17.6 Å². The Kier molecular flexibility index (Phi) is 7.20. The monoisotopic (exact) mass is 491 g/mol. The number of carbonyl (C=O) groups excluding carboxylic acids is 1. The molecule has 1 N–H and O–H groups in total. The number of nitriles is 1. The Labute approximate surface area is 209 Å². The number of nitrogens with zero attached hydrogens (tertiary/aromatic N) is 2. The summed E-state index contributed by atoms with van der Waals surface area (Å²) in [7, 11) is 0. The number of allylic oxidation sites excluding steroid dienone is 1. The average Bonchev–Trinajstić information content (AvgIpc) is 3.44. The molecule has 1 aliphatic carbocycles. The summed E-state index contributed by atoms with van der Waals surface area (Å²) < 4.78 is 5.39. The summed E-state index contributed by atoms with van der Waals surface area (Å²) in [5.74, 6) is 0.266. The van der Waals surface area contributed by atoms with Crippen molar-refractivity contribution in [1.82, 2.24) is 4.98 Å². The Morgan fingerprint density at radius 1 is 1.32 bits per heavy atom. The molecule has 0 amide bonds. The van der Waals surface area contributed by atoms with Gasteiger partial charge in [0.25, 0.3) is 0 Å². The van der Waals surface area contributed by atoms with E-state index in [1.807, 2.05) is 42.6 Å². The van der Waals surface area contributed by atoms with Gasteiger partial charge in [-0.3, -0.25) is 0 Å². The van der Waals surface area contributed by atoms with Gasteiger partial charge in [0.15, 0.2) is 0 Å². The van der Waals surface area contributed by atoms with Gasteiger partial charge in [-0.25, -0.2) is 9.78 Å². The molecule has 2 aromatic heterocycles. The predicted octanol–water partition coefficient (Wildman–Crippen LogP) is 7.18. The van der Waals surface area contributed by atoms with E-state index in [2.05, 4.69) is 37.1 Å². The molecule has 34 heavy (non-hydrogen) atoms. The molecule has 0 spiro atoms. The van der Waals surface area contributed by atoms with Crippen LogP contribution in [0.3, 0.4) is 0 Å². The third-order valence-electron chi connectivity index (χ3n) is 6.24. The van der Waals surface area contributed by atoms with Gasteiger partial charge >= 0.3 is 5.97 Å². The number of hydrogen-bond donors (Lipinski definition) is 1. The zero-order valence-electron chi connectivity index (χ0n) is 20.0. The molecule has 7 heteroatoms. The summed E-state index contributed by atoms with van der Waals surface area (Å²) >= 11 is 3.03. The summed E-state index contributed by atoms with van der Waals surface area (Å²) in [6.07, 6.45) is 4.54. The number of esters is 1. The maximum absolute atomic E-state index is 12.9. The number of hydrogen-bond acceptors (Lipinski definition) is 7. The van der Waals surface area contributed by atoms with Crippen LogP contribution in [0.2, 0.25) is 0 Å². The fourth-order valence-electron chi connectivity index (χ4n) is 4.26. The first-order valence-electron chi connectivity index (χ1n) is 11.5. The number of carbonyl (C=O) groups is 1. The second-order valence-electron chi connectivity index (χ2n) is 9.45. The van der Waals surface area contributed by atoms with Crippen LogP contribution in [0.25, 0.3) is 16.8 Å². The molecule has 5 nitrogen and oxygen atoms in total. The van der Waals surface area contributed by atoms with Crippen LogP contribution in [0.5, 0.6) is 0 Å². The zero-order valence-corrected chi connectivity index (χ0v) is 21.6. The highest BCUT2D eigenvalue weighted by Crippen LogP contribution is 2.44. The molecule has 1 atom stereocenters. The Morgan fingerprint density at radius 3 is 2.76 bits per heavy atom. The van der Waals surface area contributed by atoms with Crippen molar-refractivity contribution in [2.24, 2.45) is 11.3 Å². The van der Waals surface area contributed by atoms with Gasteiger partial charge in [0.05, 0.1) is 17.9 Å². The first kappa shape index (κ1) is 24.2. The lowest BCUT2D eigenvalue weighted by molar-refractivity contribution is 0.0526. The number of rotatable bonds is 6. The van der Waals surface area contributed by atoms with Crippen LogP contribution in [0, 0.1) is 22.7 Å². The molecule has 1 aliphatic rings. The van der Waals surface area contributed by atoms with Crippen molar-refractivity contribution in [3.63, 3.8) is 0 Å². The van der Waals surface area contributed by atoms with Crippen molar-refractivity contribution >= 4 is 39.2 Å². The van der Waals surface area contributed by atoms with Crippen molar-refractivity contribution in [2.45, 2.75) is 47.0 Å². The maximum atomic E-state index is 12.9. The maximum Gasteiger partial charge on any atom is 0.341 e. The van der Waals surface area contributed by atoms with Gasteiger partial charge in [-0.05, 0) is 43.1 Å². The van der Waals surface area contributed by atoms with Gasteiger partial charge in [0.1, 0.15) is 21.7 Å². The fourth-order valence-corrected chi connectivity index (χ4v) is 6.34. The molecule has 0 aliphatic heterocycles. The van der Waals surface area contributed by atoms with E-state index >= 15 is 0 Å². The minimum absolute atomic E-state index is 0.217. The van der Waals surface area contributed by atoms with E-state index in [9.17, 15) is 10.1 Å². The summed E-state index contributed by atoms with van der Waals surface area (Å²) in [6.45, 7) is 8.98. The Bertz CT molecular complexity index is 1240. The molecule has 3 aromatic rings. The molecule has 4 rings (SSSR count). The molecule has 0 saturated carbocycles. The third kappa shape index (κ3) is 5.08. The standard InChI is InChI=1S/C27H29N3O2S2/c1-5-32-26(31)23-20-12-11-19(27(2,3)4)13-22(20)34-25(23)29-15-18(14-28)24-30-21(16-33-24)17-9-7-6-8-10-17/h6-10,15-16,19,29H,5,11-13H2,1-4H3/b18-15-. The predicted molar refractivity (Wildman–Crippen MR) is 140 cm³/mol. The molecular formula is C27H29N3O2S2. The molecule has 1 aromatic carbocycles. The topological polar surface area (TPSA) is 75.0 Å². The van der Waals surface area contributed by atoms with Gasteiger partial charge < -0.3 is 10.1 Å². The van der Waals surface area contributed by atoms with Gasteiger partial charge in [-0.1, -0.05) is 51.1 Å². The van der Waals surface area contributed by atoms with Crippen LogP contribution in [0.4, 0.5) is 5.00 Å². The molecule has 0 radical (unpaired) electrons. The minimum atomic E-state index is -0.302. The van der Waals surface area contributed by atoms with Gasteiger partial charge in [0.2, 0.25) is 0 Å². The molecule has 0 saturated heterocycles.